The van der Waals surface area contributed by atoms with Gasteiger partial charge >= 0.3 is 11.9 Å². The van der Waals surface area contributed by atoms with Gasteiger partial charge in [0.2, 0.25) is 0 Å². The summed E-state index contributed by atoms with van der Waals surface area (Å²) in [4.78, 5) is 20.6. The monoisotopic (exact) mass is 668 g/mol. The van der Waals surface area contributed by atoms with Gasteiger partial charge in [0.1, 0.15) is 6.10 Å². The number of aliphatic hydroxyl groups is 1. The van der Waals surface area contributed by atoms with E-state index in [1.807, 2.05) is 0 Å². The van der Waals surface area contributed by atoms with Gasteiger partial charge in [0.15, 0.2) is 0 Å². The van der Waals surface area contributed by atoms with Gasteiger partial charge in [-0.05, 0) is 38.7 Å². The third-order valence-corrected chi connectivity index (χ3v) is 7.82. The second-order valence-electron chi connectivity index (χ2n) is 12.0. The first-order chi connectivity index (χ1) is 21.3. The Labute approximate surface area is 283 Å². The Morgan fingerprint density at radius 3 is 0.841 bits per heavy atom. The zero-order valence-corrected chi connectivity index (χ0v) is 30.4. The Hall–Kier alpha value is -0.480. The fourth-order valence-electron chi connectivity index (χ4n) is 4.81. The average molecular weight is 669 g/mol. The number of hydrogen-bond donors (Lipinski definition) is 5. The molecular formula is C35H72O7S2. The second-order valence-corrected chi connectivity index (χ2v) is 12.5. The molecule has 0 saturated carbocycles. The van der Waals surface area contributed by atoms with Crippen LogP contribution in [0.15, 0.2) is 0 Å². The van der Waals surface area contributed by atoms with Crippen molar-refractivity contribution in [2.24, 2.45) is 0 Å². The van der Waals surface area contributed by atoms with Crippen molar-refractivity contribution < 1.29 is 33.3 Å². The van der Waals surface area contributed by atoms with Gasteiger partial charge in [0.05, 0.1) is 13.2 Å². The molecule has 0 bridgehead atoms. The minimum Gasteiger partial charge on any atom is -0.481 e. The van der Waals surface area contributed by atoms with Crippen molar-refractivity contribution in [3.05, 3.63) is 0 Å². The first kappa shape index (κ1) is 47.9. The highest BCUT2D eigenvalue weighted by Gasteiger charge is 2.01. The van der Waals surface area contributed by atoms with Gasteiger partial charge in [-0.15, -0.1) is 0 Å². The molecule has 0 aliphatic heterocycles. The van der Waals surface area contributed by atoms with Crippen LogP contribution in [0.2, 0.25) is 0 Å². The highest BCUT2D eigenvalue weighted by atomic mass is 32.1. The summed E-state index contributed by atoms with van der Waals surface area (Å²) < 4.78 is 8.57. The van der Waals surface area contributed by atoms with E-state index in [-0.39, 0.29) is 13.2 Å². The highest BCUT2D eigenvalue weighted by molar-refractivity contribution is 7.75. The normalized spacial score (nSPS) is 10.7. The molecule has 0 aromatic carbocycles. The summed E-state index contributed by atoms with van der Waals surface area (Å²) in [6.45, 7) is 4.83. The molecule has 0 atom stereocenters. The summed E-state index contributed by atoms with van der Waals surface area (Å²) in [5.74, 6) is -1.31. The maximum Gasteiger partial charge on any atom is 0.303 e. The quantitative estimate of drug-likeness (QED) is 0.0275. The van der Waals surface area contributed by atoms with Crippen molar-refractivity contribution >= 4 is 37.8 Å². The summed E-state index contributed by atoms with van der Waals surface area (Å²) in [6.07, 6.45) is 33.9. The molecule has 0 spiro atoms. The molecule has 0 saturated heterocycles. The molecule has 0 heterocycles. The zero-order chi connectivity index (χ0) is 33.4. The van der Waals surface area contributed by atoms with Crippen LogP contribution in [0.1, 0.15) is 194 Å². The maximum atomic E-state index is 10.3. The van der Waals surface area contributed by atoms with E-state index in [1.54, 1.807) is 0 Å². The van der Waals surface area contributed by atoms with E-state index in [1.165, 1.54) is 141 Å². The van der Waals surface area contributed by atoms with Gasteiger partial charge in [-0.25, -0.2) is 0 Å². The Balaban J connectivity index is -0.000000616. The Morgan fingerprint density at radius 2 is 0.659 bits per heavy atom. The average Bonchev–Trinajstić information content (AvgIpc) is 2.98. The topological polar surface area (TPSA) is 113 Å². The molecule has 0 amide bonds. The van der Waals surface area contributed by atoms with Crippen molar-refractivity contribution in [3.8, 4) is 0 Å². The van der Waals surface area contributed by atoms with Gasteiger partial charge in [0.25, 0.3) is 0 Å². The van der Waals surface area contributed by atoms with E-state index in [9.17, 15) is 9.59 Å². The molecule has 0 aromatic heterocycles. The number of thiol groups is 2. The van der Waals surface area contributed by atoms with E-state index in [0.717, 1.165) is 25.7 Å². The second kappa shape index (κ2) is 44.6. The van der Waals surface area contributed by atoms with Crippen LogP contribution in [0.4, 0.5) is 0 Å². The number of hydrogen-bond acceptors (Lipinski definition) is 7. The van der Waals surface area contributed by atoms with Crippen LogP contribution in [0.5, 0.6) is 0 Å². The SMILES string of the molecule is CCCCCCCCCCCCCCCC(=O)O.CCCCCCCCCCCCCCCC(=O)O.OC(COS)COS. The Kier molecular flexibility index (Phi) is 48.6. The van der Waals surface area contributed by atoms with Crippen LogP contribution in [0.25, 0.3) is 0 Å². The van der Waals surface area contributed by atoms with Crippen LogP contribution < -0.4 is 0 Å². The van der Waals surface area contributed by atoms with Crippen molar-refractivity contribution in [3.63, 3.8) is 0 Å². The molecule has 0 radical (unpaired) electrons. The summed E-state index contributed by atoms with van der Waals surface area (Å²) in [7, 11) is 0. The third kappa shape index (κ3) is 54.0. The van der Waals surface area contributed by atoms with E-state index in [0.29, 0.717) is 12.8 Å². The summed E-state index contributed by atoms with van der Waals surface area (Å²) >= 11 is 6.82. The Morgan fingerprint density at radius 1 is 0.455 bits per heavy atom. The number of carbonyl (C=O) groups is 2. The fraction of sp³-hybridized carbons (Fsp3) is 0.943. The lowest BCUT2D eigenvalue weighted by atomic mass is 10.0. The number of carboxylic acids is 2. The molecule has 0 rings (SSSR count). The smallest absolute Gasteiger partial charge is 0.303 e. The number of aliphatic carboxylic acids is 2. The van der Waals surface area contributed by atoms with Gasteiger partial charge < -0.3 is 23.7 Å². The predicted molar refractivity (Wildman–Crippen MR) is 192 cm³/mol. The van der Waals surface area contributed by atoms with Crippen LogP contribution in [-0.4, -0.2) is 46.6 Å². The van der Waals surface area contributed by atoms with Crippen molar-refractivity contribution in [2.75, 3.05) is 13.2 Å². The first-order valence-corrected chi connectivity index (χ1v) is 18.7. The van der Waals surface area contributed by atoms with E-state index < -0.39 is 18.0 Å². The third-order valence-electron chi connectivity index (χ3n) is 7.52. The lowest BCUT2D eigenvalue weighted by Gasteiger charge is -2.03. The number of aliphatic hydroxyl groups excluding tert-OH is 1. The molecule has 0 aromatic rings. The minimum atomic E-state index is -0.655. The standard InChI is InChI=1S/2C16H32O2.C3H8O3S2/c2*1-2-3-4-5-6-7-8-9-10-11-12-13-14-15-16(17)18;4-3(1-5-7)2-6-8/h2*2-15H2,1H3,(H,17,18);3-4,7-8H,1-2H2. The first-order valence-electron chi connectivity index (χ1n) is 18.0. The lowest BCUT2D eigenvalue weighted by Crippen LogP contribution is -2.17. The largest absolute Gasteiger partial charge is 0.481 e. The zero-order valence-electron chi connectivity index (χ0n) is 28.7. The van der Waals surface area contributed by atoms with Gasteiger partial charge in [-0.1, -0.05) is 168 Å². The molecule has 44 heavy (non-hydrogen) atoms. The number of unbranched alkanes of at least 4 members (excludes halogenated alkanes) is 24. The molecular weight excluding hydrogens is 597 g/mol. The van der Waals surface area contributed by atoms with Gasteiger partial charge in [-0.2, -0.15) is 0 Å². The van der Waals surface area contributed by atoms with Crippen LogP contribution in [0, 0.1) is 0 Å². The van der Waals surface area contributed by atoms with Crippen molar-refractivity contribution in [1.29, 1.82) is 0 Å². The molecule has 0 fully saturated rings. The summed E-state index contributed by atoms with van der Waals surface area (Å²) in [5.41, 5.74) is 0. The summed E-state index contributed by atoms with van der Waals surface area (Å²) in [6, 6.07) is 0. The van der Waals surface area contributed by atoms with Gasteiger partial charge in [0, 0.05) is 12.8 Å². The van der Waals surface area contributed by atoms with E-state index in [4.69, 9.17) is 15.3 Å². The molecule has 9 heteroatoms. The van der Waals surface area contributed by atoms with E-state index >= 15 is 0 Å². The predicted octanol–water partition coefficient (Wildman–Crippen LogP) is 11.2. The van der Waals surface area contributed by atoms with Crippen molar-refractivity contribution in [2.45, 2.75) is 200 Å². The number of carboxylic acid groups (broad SMARTS) is 2. The van der Waals surface area contributed by atoms with Crippen LogP contribution in [-0.2, 0) is 18.0 Å². The molecule has 0 unspecified atom stereocenters. The molecule has 0 aliphatic carbocycles. The highest BCUT2D eigenvalue weighted by Crippen LogP contribution is 2.14. The molecule has 7 nitrogen and oxygen atoms in total. The van der Waals surface area contributed by atoms with Crippen LogP contribution >= 0.6 is 25.8 Å². The molecule has 3 N–H and O–H groups in total. The molecule has 266 valence electrons. The van der Waals surface area contributed by atoms with Gasteiger partial charge in [-0.3, -0.25) is 9.59 Å². The van der Waals surface area contributed by atoms with Crippen LogP contribution in [0.3, 0.4) is 0 Å². The fourth-order valence-corrected chi connectivity index (χ4v) is 5.15. The minimum absolute atomic E-state index is 0.156. The van der Waals surface area contributed by atoms with Crippen molar-refractivity contribution in [1.82, 2.24) is 0 Å². The lowest BCUT2D eigenvalue weighted by molar-refractivity contribution is -0.138. The maximum absolute atomic E-state index is 10.3. The summed E-state index contributed by atoms with van der Waals surface area (Å²) in [5, 5.41) is 25.7. The van der Waals surface area contributed by atoms with E-state index in [2.05, 4.69) is 48.0 Å². The number of rotatable bonds is 32. The molecule has 0 aliphatic rings. The Bertz CT molecular complexity index is 507.